The normalized spacial score (nSPS) is 17.1. The van der Waals surface area contributed by atoms with E-state index in [1.807, 2.05) is 11.9 Å². The SMILES string of the molecule is CN1CCC(CN(C)c2nccc(C(=O)O)c2N)CC1. The fourth-order valence-electron chi connectivity index (χ4n) is 2.67. The van der Waals surface area contributed by atoms with Crippen LogP contribution in [0.5, 0.6) is 0 Å². The first-order valence-corrected chi connectivity index (χ1v) is 6.86. The molecule has 0 spiro atoms. The Bertz CT molecular complexity index is 484. The molecule has 1 aromatic rings. The van der Waals surface area contributed by atoms with Gasteiger partial charge in [-0.2, -0.15) is 0 Å². The number of aromatic carboxylic acids is 1. The lowest BCUT2D eigenvalue weighted by Crippen LogP contribution is -2.36. The van der Waals surface area contributed by atoms with E-state index in [2.05, 4.69) is 16.9 Å². The van der Waals surface area contributed by atoms with Crippen LogP contribution in [0, 0.1) is 5.92 Å². The number of carboxylic acid groups (broad SMARTS) is 1. The zero-order valence-electron chi connectivity index (χ0n) is 12.0. The fraction of sp³-hybridized carbons (Fsp3) is 0.571. The van der Waals surface area contributed by atoms with E-state index in [0.29, 0.717) is 11.7 Å². The number of hydrogen-bond donors (Lipinski definition) is 2. The molecule has 1 aliphatic rings. The molecule has 0 radical (unpaired) electrons. The van der Waals surface area contributed by atoms with E-state index < -0.39 is 5.97 Å². The first-order chi connectivity index (χ1) is 9.49. The number of hydrogen-bond acceptors (Lipinski definition) is 5. The van der Waals surface area contributed by atoms with Crippen molar-refractivity contribution in [2.24, 2.45) is 5.92 Å². The molecule has 0 aliphatic carbocycles. The topological polar surface area (TPSA) is 82.7 Å². The number of nitrogen functional groups attached to an aromatic ring is 1. The van der Waals surface area contributed by atoms with Crippen molar-refractivity contribution in [3.8, 4) is 0 Å². The summed E-state index contributed by atoms with van der Waals surface area (Å²) < 4.78 is 0. The van der Waals surface area contributed by atoms with Crippen molar-refractivity contribution < 1.29 is 9.90 Å². The third-order valence-electron chi connectivity index (χ3n) is 3.93. The van der Waals surface area contributed by atoms with Crippen LogP contribution in [-0.2, 0) is 0 Å². The highest BCUT2D eigenvalue weighted by Crippen LogP contribution is 2.25. The average Bonchev–Trinajstić information content (AvgIpc) is 2.41. The van der Waals surface area contributed by atoms with Gasteiger partial charge in [-0.05, 0) is 45.0 Å². The molecule has 20 heavy (non-hydrogen) atoms. The van der Waals surface area contributed by atoms with E-state index in [1.165, 1.54) is 12.3 Å². The van der Waals surface area contributed by atoms with Crippen molar-refractivity contribution in [1.82, 2.24) is 9.88 Å². The van der Waals surface area contributed by atoms with Crippen molar-refractivity contribution >= 4 is 17.5 Å². The van der Waals surface area contributed by atoms with E-state index in [9.17, 15) is 4.79 Å². The van der Waals surface area contributed by atoms with E-state index >= 15 is 0 Å². The Morgan fingerprint density at radius 2 is 2.20 bits per heavy atom. The van der Waals surface area contributed by atoms with Crippen molar-refractivity contribution in [1.29, 1.82) is 0 Å². The van der Waals surface area contributed by atoms with Crippen LogP contribution in [0.15, 0.2) is 12.3 Å². The lowest BCUT2D eigenvalue weighted by molar-refractivity contribution is 0.0698. The summed E-state index contributed by atoms with van der Waals surface area (Å²) in [6.07, 6.45) is 3.80. The summed E-state index contributed by atoms with van der Waals surface area (Å²) in [6, 6.07) is 1.44. The van der Waals surface area contributed by atoms with Crippen LogP contribution in [0.4, 0.5) is 11.5 Å². The second-order valence-corrected chi connectivity index (χ2v) is 5.53. The Hall–Kier alpha value is -1.82. The number of rotatable bonds is 4. The number of likely N-dealkylation sites (tertiary alicyclic amines) is 1. The Balaban J connectivity index is 2.07. The van der Waals surface area contributed by atoms with Crippen LogP contribution < -0.4 is 10.6 Å². The molecule has 0 amide bonds. The van der Waals surface area contributed by atoms with Crippen LogP contribution in [0.2, 0.25) is 0 Å². The van der Waals surface area contributed by atoms with Crippen LogP contribution in [0.1, 0.15) is 23.2 Å². The standard InChI is InChI=1S/C14H22N4O2/c1-17-7-4-10(5-8-17)9-18(2)13-12(15)11(14(19)20)3-6-16-13/h3,6,10H,4-5,7-9,15H2,1-2H3,(H,19,20). The summed E-state index contributed by atoms with van der Waals surface area (Å²) in [5, 5.41) is 9.09. The quantitative estimate of drug-likeness (QED) is 0.859. The first kappa shape index (κ1) is 14.6. The molecule has 2 heterocycles. The predicted molar refractivity (Wildman–Crippen MR) is 79.1 cm³/mol. The van der Waals surface area contributed by atoms with E-state index in [4.69, 9.17) is 10.8 Å². The Kier molecular flexibility index (Phi) is 4.44. The number of aromatic nitrogens is 1. The summed E-state index contributed by atoms with van der Waals surface area (Å²) in [6.45, 7) is 3.07. The zero-order chi connectivity index (χ0) is 14.7. The maximum atomic E-state index is 11.1. The van der Waals surface area contributed by atoms with Crippen LogP contribution in [0.25, 0.3) is 0 Å². The van der Waals surface area contributed by atoms with Gasteiger partial charge < -0.3 is 20.6 Å². The third-order valence-corrected chi connectivity index (χ3v) is 3.93. The van der Waals surface area contributed by atoms with Crippen LogP contribution in [-0.4, -0.2) is 54.7 Å². The molecule has 3 N–H and O–H groups in total. The number of piperidine rings is 1. The second kappa shape index (κ2) is 6.09. The summed E-state index contributed by atoms with van der Waals surface area (Å²) in [4.78, 5) is 19.6. The van der Waals surface area contributed by atoms with Crippen LogP contribution >= 0.6 is 0 Å². The van der Waals surface area contributed by atoms with Gasteiger partial charge in [-0.25, -0.2) is 9.78 Å². The smallest absolute Gasteiger partial charge is 0.337 e. The van der Waals surface area contributed by atoms with Gasteiger partial charge in [-0.15, -0.1) is 0 Å². The van der Waals surface area contributed by atoms with Gasteiger partial charge in [0.15, 0.2) is 5.82 Å². The predicted octanol–water partition coefficient (Wildman–Crippen LogP) is 1.14. The largest absolute Gasteiger partial charge is 0.478 e. The highest BCUT2D eigenvalue weighted by atomic mass is 16.4. The molecule has 1 saturated heterocycles. The highest BCUT2D eigenvalue weighted by Gasteiger charge is 2.21. The molecule has 0 unspecified atom stereocenters. The highest BCUT2D eigenvalue weighted by molar-refractivity contribution is 5.96. The van der Waals surface area contributed by atoms with Gasteiger partial charge in [0.25, 0.3) is 0 Å². The number of carbonyl (C=O) groups is 1. The molecule has 0 atom stereocenters. The monoisotopic (exact) mass is 278 g/mol. The number of anilines is 2. The van der Waals surface area contributed by atoms with E-state index in [0.717, 1.165) is 32.5 Å². The lowest BCUT2D eigenvalue weighted by Gasteiger charge is -2.32. The molecule has 0 saturated carbocycles. The first-order valence-electron chi connectivity index (χ1n) is 6.86. The fourth-order valence-corrected chi connectivity index (χ4v) is 2.67. The molecular formula is C14H22N4O2. The summed E-state index contributed by atoms with van der Waals surface area (Å²) in [5.74, 6) is 0.147. The maximum Gasteiger partial charge on any atom is 0.337 e. The van der Waals surface area contributed by atoms with E-state index in [-0.39, 0.29) is 11.3 Å². The summed E-state index contributed by atoms with van der Waals surface area (Å²) in [7, 11) is 4.05. The molecule has 1 fully saturated rings. The zero-order valence-corrected chi connectivity index (χ0v) is 12.0. The van der Waals surface area contributed by atoms with Gasteiger partial charge in [0.05, 0.1) is 11.3 Å². The van der Waals surface area contributed by atoms with Gasteiger partial charge in [-0.1, -0.05) is 0 Å². The Morgan fingerprint density at radius 3 is 2.80 bits per heavy atom. The summed E-state index contributed by atoms with van der Waals surface area (Å²) in [5.41, 5.74) is 6.28. The number of nitrogens with zero attached hydrogens (tertiary/aromatic N) is 3. The second-order valence-electron chi connectivity index (χ2n) is 5.53. The number of pyridine rings is 1. The molecule has 1 aliphatic heterocycles. The molecule has 6 nitrogen and oxygen atoms in total. The number of carboxylic acids is 1. The minimum Gasteiger partial charge on any atom is -0.478 e. The van der Waals surface area contributed by atoms with Crippen molar-refractivity contribution in [2.75, 3.05) is 44.4 Å². The Morgan fingerprint density at radius 1 is 1.55 bits per heavy atom. The lowest BCUT2D eigenvalue weighted by atomic mass is 9.96. The molecule has 1 aromatic heterocycles. The molecular weight excluding hydrogens is 256 g/mol. The molecule has 6 heteroatoms. The third kappa shape index (κ3) is 3.19. The van der Waals surface area contributed by atoms with Gasteiger partial charge >= 0.3 is 5.97 Å². The van der Waals surface area contributed by atoms with Crippen molar-refractivity contribution in [3.63, 3.8) is 0 Å². The van der Waals surface area contributed by atoms with Crippen molar-refractivity contribution in [3.05, 3.63) is 17.8 Å². The molecule has 2 rings (SSSR count). The summed E-state index contributed by atoms with van der Waals surface area (Å²) >= 11 is 0. The number of nitrogens with two attached hydrogens (primary N) is 1. The average molecular weight is 278 g/mol. The van der Waals surface area contributed by atoms with Gasteiger partial charge in [-0.3, -0.25) is 0 Å². The van der Waals surface area contributed by atoms with Crippen LogP contribution in [0.3, 0.4) is 0 Å². The van der Waals surface area contributed by atoms with E-state index in [1.54, 1.807) is 0 Å². The maximum absolute atomic E-state index is 11.1. The van der Waals surface area contributed by atoms with Gasteiger partial charge in [0, 0.05) is 19.8 Å². The minimum atomic E-state index is -1.01. The minimum absolute atomic E-state index is 0.116. The van der Waals surface area contributed by atoms with Crippen molar-refractivity contribution in [2.45, 2.75) is 12.8 Å². The van der Waals surface area contributed by atoms with Gasteiger partial charge in [0.1, 0.15) is 0 Å². The van der Waals surface area contributed by atoms with Gasteiger partial charge in [0.2, 0.25) is 0 Å². The molecule has 0 aromatic carbocycles. The Labute approximate surface area is 119 Å². The molecule has 0 bridgehead atoms. The molecule has 110 valence electrons.